The summed E-state index contributed by atoms with van der Waals surface area (Å²) < 4.78 is 9.09. The van der Waals surface area contributed by atoms with Crippen molar-refractivity contribution in [2.75, 3.05) is 13.7 Å². The SMILES string of the molecule is COC(=O)NC(=O)[C@@H](C)OC(=O)CN1C(=O)Cc2ccccc2C1=O. The molecule has 0 fully saturated rings. The smallest absolute Gasteiger partial charge is 0.413 e. The first-order valence-electron chi connectivity index (χ1n) is 7.34. The number of alkyl carbamates (subject to hydrolysis) is 1. The van der Waals surface area contributed by atoms with Crippen LogP contribution in [-0.2, 0) is 30.3 Å². The van der Waals surface area contributed by atoms with E-state index in [1.165, 1.54) is 6.92 Å². The van der Waals surface area contributed by atoms with E-state index in [2.05, 4.69) is 4.74 Å². The van der Waals surface area contributed by atoms with Gasteiger partial charge < -0.3 is 9.47 Å². The number of nitrogens with zero attached hydrogens (tertiary/aromatic N) is 1. The predicted molar refractivity (Wildman–Crippen MR) is 82.3 cm³/mol. The summed E-state index contributed by atoms with van der Waals surface area (Å²) in [5.41, 5.74) is 0.930. The largest absolute Gasteiger partial charge is 0.453 e. The number of ether oxygens (including phenoxy) is 2. The van der Waals surface area contributed by atoms with E-state index in [0.29, 0.717) is 11.1 Å². The minimum absolute atomic E-state index is 0.00638. The first-order chi connectivity index (χ1) is 11.8. The Balaban J connectivity index is 1.98. The first-order valence-corrected chi connectivity index (χ1v) is 7.34. The summed E-state index contributed by atoms with van der Waals surface area (Å²) in [5, 5.41) is 1.84. The van der Waals surface area contributed by atoms with Crippen molar-refractivity contribution in [2.24, 2.45) is 0 Å². The second-order valence-corrected chi connectivity index (χ2v) is 5.23. The van der Waals surface area contributed by atoms with Crippen LogP contribution in [0, 0.1) is 0 Å². The van der Waals surface area contributed by atoms with E-state index in [9.17, 15) is 24.0 Å². The van der Waals surface area contributed by atoms with Crippen LogP contribution < -0.4 is 5.32 Å². The average Bonchev–Trinajstić information content (AvgIpc) is 2.58. The molecular formula is C16H16N2O7. The second kappa shape index (κ2) is 7.56. The van der Waals surface area contributed by atoms with Crippen LogP contribution in [0.5, 0.6) is 0 Å². The molecule has 25 heavy (non-hydrogen) atoms. The summed E-state index contributed by atoms with van der Waals surface area (Å²) in [5.74, 6) is -2.97. The third-order valence-corrected chi connectivity index (χ3v) is 3.51. The lowest BCUT2D eigenvalue weighted by Crippen LogP contribution is -2.47. The van der Waals surface area contributed by atoms with Crippen LogP contribution in [0.2, 0.25) is 0 Å². The molecule has 0 aliphatic carbocycles. The highest BCUT2D eigenvalue weighted by atomic mass is 16.6. The number of benzene rings is 1. The van der Waals surface area contributed by atoms with Gasteiger partial charge in [0, 0.05) is 5.56 Å². The fourth-order valence-corrected chi connectivity index (χ4v) is 2.23. The number of nitrogens with one attached hydrogen (secondary N) is 1. The van der Waals surface area contributed by atoms with E-state index in [-0.39, 0.29) is 6.42 Å². The molecule has 9 heteroatoms. The molecule has 1 aromatic carbocycles. The Kier molecular flexibility index (Phi) is 5.48. The maximum atomic E-state index is 12.3. The number of carbonyl (C=O) groups excluding carboxylic acids is 5. The lowest BCUT2D eigenvalue weighted by Gasteiger charge is -2.26. The van der Waals surface area contributed by atoms with Gasteiger partial charge in [0.25, 0.3) is 11.8 Å². The molecular weight excluding hydrogens is 332 g/mol. The molecule has 4 amide bonds. The summed E-state index contributed by atoms with van der Waals surface area (Å²) in [7, 11) is 1.07. The zero-order valence-corrected chi connectivity index (χ0v) is 13.6. The minimum Gasteiger partial charge on any atom is -0.453 e. The zero-order valence-electron chi connectivity index (χ0n) is 13.6. The van der Waals surface area contributed by atoms with Crippen LogP contribution in [0.15, 0.2) is 24.3 Å². The second-order valence-electron chi connectivity index (χ2n) is 5.23. The van der Waals surface area contributed by atoms with Crippen molar-refractivity contribution in [3.63, 3.8) is 0 Å². The van der Waals surface area contributed by atoms with Crippen molar-refractivity contribution in [1.29, 1.82) is 0 Å². The molecule has 1 aliphatic heterocycles. The van der Waals surface area contributed by atoms with Crippen molar-refractivity contribution in [2.45, 2.75) is 19.4 Å². The fourth-order valence-electron chi connectivity index (χ4n) is 2.23. The van der Waals surface area contributed by atoms with Crippen molar-refractivity contribution in [3.8, 4) is 0 Å². The van der Waals surface area contributed by atoms with Crippen LogP contribution in [0.4, 0.5) is 4.79 Å². The van der Waals surface area contributed by atoms with E-state index < -0.39 is 42.4 Å². The number of fused-ring (bicyclic) bond motifs is 1. The number of hydrogen-bond acceptors (Lipinski definition) is 7. The van der Waals surface area contributed by atoms with Gasteiger partial charge in [-0.05, 0) is 18.6 Å². The van der Waals surface area contributed by atoms with E-state index >= 15 is 0 Å². The van der Waals surface area contributed by atoms with Gasteiger partial charge in [0.1, 0.15) is 6.54 Å². The quantitative estimate of drug-likeness (QED) is 0.602. The summed E-state index contributed by atoms with van der Waals surface area (Å²) in [6, 6.07) is 6.60. The van der Waals surface area contributed by atoms with Crippen molar-refractivity contribution in [3.05, 3.63) is 35.4 Å². The lowest BCUT2D eigenvalue weighted by molar-refractivity contribution is -0.156. The molecule has 1 aromatic rings. The van der Waals surface area contributed by atoms with Crippen LogP contribution in [-0.4, -0.2) is 54.4 Å². The summed E-state index contributed by atoms with van der Waals surface area (Å²) in [4.78, 5) is 59.6. The highest BCUT2D eigenvalue weighted by Crippen LogP contribution is 2.19. The Morgan fingerprint density at radius 2 is 1.92 bits per heavy atom. The molecule has 132 valence electrons. The first kappa shape index (κ1) is 18.1. The maximum absolute atomic E-state index is 12.3. The number of amides is 4. The topological polar surface area (TPSA) is 119 Å². The Hall–Kier alpha value is -3.23. The van der Waals surface area contributed by atoms with Gasteiger partial charge in [-0.15, -0.1) is 0 Å². The Labute approximate surface area is 142 Å². The standard InChI is InChI=1S/C16H16N2O7/c1-9(14(21)17-16(23)24-2)25-13(20)8-18-12(19)7-10-5-3-4-6-11(10)15(18)22/h3-6,9H,7-8H2,1-2H3,(H,17,21,23)/t9-/m1/s1. The predicted octanol–water partition coefficient (Wildman–Crippen LogP) is 0.0258. The van der Waals surface area contributed by atoms with E-state index in [1.807, 2.05) is 5.32 Å². The molecule has 0 saturated carbocycles. The van der Waals surface area contributed by atoms with Gasteiger partial charge in [-0.3, -0.25) is 29.4 Å². The maximum Gasteiger partial charge on any atom is 0.413 e. The molecule has 0 bridgehead atoms. The summed E-state index contributed by atoms with van der Waals surface area (Å²) in [6.07, 6.45) is -2.30. The van der Waals surface area contributed by atoms with Crippen LogP contribution >= 0.6 is 0 Å². The molecule has 0 aromatic heterocycles. The van der Waals surface area contributed by atoms with Gasteiger partial charge >= 0.3 is 12.1 Å². The molecule has 9 nitrogen and oxygen atoms in total. The van der Waals surface area contributed by atoms with E-state index in [1.54, 1.807) is 24.3 Å². The molecule has 2 rings (SSSR count). The monoisotopic (exact) mass is 348 g/mol. The third kappa shape index (κ3) is 4.19. The Morgan fingerprint density at radius 3 is 2.60 bits per heavy atom. The average molecular weight is 348 g/mol. The molecule has 0 radical (unpaired) electrons. The van der Waals surface area contributed by atoms with Crippen molar-refractivity contribution < 1.29 is 33.4 Å². The molecule has 1 N–H and O–H groups in total. The van der Waals surface area contributed by atoms with E-state index in [0.717, 1.165) is 12.0 Å². The van der Waals surface area contributed by atoms with Gasteiger partial charge in [0.15, 0.2) is 6.10 Å². The molecule has 1 aliphatic rings. The molecule has 0 unspecified atom stereocenters. The fraction of sp³-hybridized carbons (Fsp3) is 0.312. The number of carbonyl (C=O) groups is 5. The lowest BCUT2D eigenvalue weighted by atomic mass is 9.98. The number of imide groups is 2. The number of methoxy groups -OCH3 is 1. The molecule has 1 heterocycles. The summed E-state index contributed by atoms with van der Waals surface area (Å²) in [6.45, 7) is 0.618. The highest BCUT2D eigenvalue weighted by Gasteiger charge is 2.33. The normalized spacial score (nSPS) is 14.4. The Morgan fingerprint density at radius 1 is 1.24 bits per heavy atom. The van der Waals surface area contributed by atoms with Gasteiger partial charge in [0.2, 0.25) is 5.91 Å². The molecule has 1 atom stereocenters. The van der Waals surface area contributed by atoms with E-state index in [4.69, 9.17) is 4.74 Å². The third-order valence-electron chi connectivity index (χ3n) is 3.51. The Bertz CT molecular complexity index is 744. The molecule has 0 spiro atoms. The van der Waals surface area contributed by atoms with Gasteiger partial charge in [-0.2, -0.15) is 0 Å². The summed E-state index contributed by atoms with van der Waals surface area (Å²) >= 11 is 0. The van der Waals surface area contributed by atoms with Crippen molar-refractivity contribution in [1.82, 2.24) is 10.2 Å². The van der Waals surface area contributed by atoms with Gasteiger partial charge in [0.05, 0.1) is 13.5 Å². The minimum atomic E-state index is -1.30. The number of esters is 1. The van der Waals surface area contributed by atoms with Gasteiger partial charge in [-0.1, -0.05) is 18.2 Å². The van der Waals surface area contributed by atoms with Crippen LogP contribution in [0.1, 0.15) is 22.8 Å². The number of hydrogen-bond donors (Lipinski definition) is 1. The van der Waals surface area contributed by atoms with Gasteiger partial charge in [-0.25, -0.2) is 4.79 Å². The number of rotatable bonds is 4. The molecule has 0 saturated heterocycles. The van der Waals surface area contributed by atoms with Crippen LogP contribution in [0.3, 0.4) is 0 Å². The highest BCUT2D eigenvalue weighted by molar-refractivity contribution is 6.11. The van der Waals surface area contributed by atoms with Crippen LogP contribution in [0.25, 0.3) is 0 Å². The van der Waals surface area contributed by atoms with Crippen molar-refractivity contribution >= 4 is 29.8 Å². The zero-order chi connectivity index (χ0) is 18.6.